The van der Waals surface area contributed by atoms with Crippen LogP contribution in [0.1, 0.15) is 29.4 Å². The van der Waals surface area contributed by atoms with Gasteiger partial charge >= 0.3 is 0 Å². The minimum absolute atomic E-state index is 0.0967. The van der Waals surface area contributed by atoms with Crippen LogP contribution in [0.4, 0.5) is 0 Å². The average molecular weight is 453 g/mol. The Morgan fingerprint density at radius 1 is 1.17 bits per heavy atom. The van der Waals surface area contributed by atoms with Gasteiger partial charge in [0, 0.05) is 17.4 Å². The van der Waals surface area contributed by atoms with Crippen molar-refractivity contribution in [2.24, 2.45) is 5.16 Å². The molecule has 1 aromatic heterocycles. The van der Waals surface area contributed by atoms with Gasteiger partial charge in [-0.05, 0) is 62.5 Å². The number of oxime groups is 1. The molecular formula is C18H15Br2NO3. The van der Waals surface area contributed by atoms with Gasteiger partial charge in [0.25, 0.3) is 0 Å². The van der Waals surface area contributed by atoms with Crippen molar-refractivity contribution in [3.05, 3.63) is 61.7 Å². The van der Waals surface area contributed by atoms with Gasteiger partial charge < -0.3 is 14.7 Å². The Morgan fingerprint density at radius 3 is 2.42 bits per heavy atom. The standard InChI is InChI=1S/C18H15Br2NO3/c1-3-14-16(11-5-4-9(2)6-15(11)24-14)17(21-23)10-7-12(19)18(22)13(20)8-10/h4-8,22-23H,3H2,1-2H3. The van der Waals surface area contributed by atoms with E-state index in [4.69, 9.17) is 4.42 Å². The number of aryl methyl sites for hydroxylation is 2. The second-order valence-electron chi connectivity index (χ2n) is 5.49. The van der Waals surface area contributed by atoms with E-state index in [1.54, 1.807) is 12.1 Å². The zero-order valence-corrected chi connectivity index (χ0v) is 16.3. The van der Waals surface area contributed by atoms with Crippen LogP contribution in [0.15, 0.2) is 48.9 Å². The predicted molar refractivity (Wildman–Crippen MR) is 101 cm³/mol. The smallest absolute Gasteiger partial charge is 0.143 e. The number of benzene rings is 2. The third-order valence-corrected chi connectivity index (χ3v) is 5.08. The van der Waals surface area contributed by atoms with Crippen molar-refractivity contribution in [1.82, 2.24) is 0 Å². The molecule has 2 aromatic carbocycles. The van der Waals surface area contributed by atoms with E-state index in [2.05, 4.69) is 37.0 Å². The molecule has 0 aliphatic rings. The average Bonchev–Trinajstić information content (AvgIpc) is 2.91. The molecule has 124 valence electrons. The largest absolute Gasteiger partial charge is 0.506 e. The van der Waals surface area contributed by atoms with Crippen LogP contribution in [-0.4, -0.2) is 16.0 Å². The number of hydrogen-bond donors (Lipinski definition) is 2. The SMILES string of the molecule is CCc1oc2cc(C)ccc2c1C(=NO)c1cc(Br)c(O)c(Br)c1. The van der Waals surface area contributed by atoms with Crippen LogP contribution in [-0.2, 0) is 6.42 Å². The molecule has 4 nitrogen and oxygen atoms in total. The predicted octanol–water partition coefficient (Wildman–Crippen LogP) is 5.76. The maximum atomic E-state index is 9.90. The Balaban J connectivity index is 2.28. The lowest BCUT2D eigenvalue weighted by molar-refractivity contribution is 0.319. The van der Waals surface area contributed by atoms with Crippen LogP contribution in [0.5, 0.6) is 5.75 Å². The summed E-state index contributed by atoms with van der Waals surface area (Å²) in [6.07, 6.45) is 0.669. The lowest BCUT2D eigenvalue weighted by atomic mass is 9.98. The molecule has 0 bridgehead atoms. The summed E-state index contributed by atoms with van der Waals surface area (Å²) in [6.45, 7) is 3.99. The third-order valence-electron chi connectivity index (χ3n) is 3.87. The van der Waals surface area contributed by atoms with E-state index < -0.39 is 0 Å². The van der Waals surface area contributed by atoms with E-state index >= 15 is 0 Å². The number of fused-ring (bicyclic) bond motifs is 1. The highest BCUT2D eigenvalue weighted by molar-refractivity contribution is 9.11. The normalized spacial score (nSPS) is 12.1. The first kappa shape index (κ1) is 17.0. The summed E-state index contributed by atoms with van der Waals surface area (Å²) < 4.78 is 6.97. The molecule has 0 fully saturated rings. The van der Waals surface area contributed by atoms with Crippen molar-refractivity contribution in [3.63, 3.8) is 0 Å². The summed E-state index contributed by atoms with van der Waals surface area (Å²) >= 11 is 6.62. The van der Waals surface area contributed by atoms with Crippen LogP contribution < -0.4 is 0 Å². The summed E-state index contributed by atoms with van der Waals surface area (Å²) in [5, 5.41) is 24.0. The number of hydrogen-bond acceptors (Lipinski definition) is 4. The minimum Gasteiger partial charge on any atom is -0.506 e. The minimum atomic E-state index is 0.0967. The van der Waals surface area contributed by atoms with Gasteiger partial charge in [-0.2, -0.15) is 0 Å². The summed E-state index contributed by atoms with van der Waals surface area (Å²) in [7, 11) is 0. The summed E-state index contributed by atoms with van der Waals surface area (Å²) in [5.41, 5.74) is 3.69. The fourth-order valence-corrected chi connectivity index (χ4v) is 3.90. The third kappa shape index (κ3) is 2.84. The van der Waals surface area contributed by atoms with Gasteiger partial charge in [-0.3, -0.25) is 0 Å². The lowest BCUT2D eigenvalue weighted by Crippen LogP contribution is -2.06. The van der Waals surface area contributed by atoms with Crippen molar-refractivity contribution in [2.45, 2.75) is 20.3 Å². The first-order valence-corrected chi connectivity index (χ1v) is 8.97. The number of rotatable bonds is 3. The Morgan fingerprint density at radius 2 is 1.83 bits per heavy atom. The molecule has 2 N–H and O–H groups in total. The molecular weight excluding hydrogens is 438 g/mol. The molecule has 0 atom stereocenters. The van der Waals surface area contributed by atoms with Crippen molar-refractivity contribution in [2.75, 3.05) is 0 Å². The van der Waals surface area contributed by atoms with Gasteiger partial charge in [-0.25, -0.2) is 0 Å². The van der Waals surface area contributed by atoms with Crippen LogP contribution >= 0.6 is 31.9 Å². The molecule has 0 aliphatic heterocycles. The number of phenolic OH excluding ortho intramolecular Hbond substituents is 1. The van der Waals surface area contributed by atoms with E-state index in [9.17, 15) is 10.3 Å². The molecule has 0 saturated carbocycles. The number of furan rings is 1. The molecule has 0 spiro atoms. The van der Waals surface area contributed by atoms with Gasteiger partial charge in [-0.1, -0.05) is 24.2 Å². The topological polar surface area (TPSA) is 66.0 Å². The zero-order chi connectivity index (χ0) is 17.4. The second kappa shape index (κ2) is 6.61. The molecule has 1 heterocycles. The van der Waals surface area contributed by atoms with Gasteiger partial charge in [0.15, 0.2) is 0 Å². The van der Waals surface area contributed by atoms with Crippen LogP contribution in [0, 0.1) is 6.92 Å². The number of halogens is 2. The Hall–Kier alpha value is -1.79. The summed E-state index contributed by atoms with van der Waals surface area (Å²) in [4.78, 5) is 0. The molecule has 6 heteroatoms. The quantitative estimate of drug-likeness (QED) is 0.301. The Bertz CT molecular complexity index is 937. The summed E-state index contributed by atoms with van der Waals surface area (Å²) in [5.74, 6) is 0.850. The van der Waals surface area contributed by atoms with Crippen LogP contribution in [0.25, 0.3) is 11.0 Å². The van der Waals surface area contributed by atoms with Crippen molar-refractivity contribution in [1.29, 1.82) is 0 Å². The molecule has 3 aromatic rings. The maximum Gasteiger partial charge on any atom is 0.143 e. The fraction of sp³-hybridized carbons (Fsp3) is 0.167. The molecule has 0 aliphatic carbocycles. The van der Waals surface area contributed by atoms with Crippen LogP contribution in [0.3, 0.4) is 0 Å². The second-order valence-corrected chi connectivity index (χ2v) is 7.20. The van der Waals surface area contributed by atoms with Crippen molar-refractivity contribution in [3.8, 4) is 5.75 Å². The van der Waals surface area contributed by atoms with E-state index in [1.165, 1.54) is 0 Å². The maximum absolute atomic E-state index is 9.90. The molecule has 0 amide bonds. The highest BCUT2D eigenvalue weighted by Gasteiger charge is 2.21. The van der Waals surface area contributed by atoms with Gasteiger partial charge in [0.1, 0.15) is 22.8 Å². The number of aromatic hydroxyl groups is 1. The van der Waals surface area contributed by atoms with Gasteiger partial charge in [-0.15, -0.1) is 0 Å². The van der Waals surface area contributed by atoms with E-state index in [-0.39, 0.29) is 5.75 Å². The monoisotopic (exact) mass is 451 g/mol. The van der Waals surface area contributed by atoms with Crippen LogP contribution in [0.2, 0.25) is 0 Å². The van der Waals surface area contributed by atoms with Crippen molar-refractivity contribution >= 4 is 48.5 Å². The first-order valence-electron chi connectivity index (χ1n) is 7.39. The highest BCUT2D eigenvalue weighted by atomic mass is 79.9. The van der Waals surface area contributed by atoms with E-state index in [1.807, 2.05) is 32.0 Å². The fourth-order valence-electron chi connectivity index (χ4n) is 2.72. The summed E-state index contributed by atoms with van der Waals surface area (Å²) in [6, 6.07) is 9.36. The molecule has 0 unspecified atom stereocenters. The van der Waals surface area contributed by atoms with Gasteiger partial charge in [0.2, 0.25) is 0 Å². The Labute approximate surface area is 156 Å². The van der Waals surface area contributed by atoms with Gasteiger partial charge in [0.05, 0.1) is 14.5 Å². The zero-order valence-electron chi connectivity index (χ0n) is 13.1. The molecule has 0 saturated heterocycles. The number of phenols is 1. The Kier molecular flexibility index (Phi) is 4.69. The van der Waals surface area contributed by atoms with E-state index in [0.29, 0.717) is 26.6 Å². The number of nitrogens with zero attached hydrogens (tertiary/aromatic N) is 1. The van der Waals surface area contributed by atoms with E-state index in [0.717, 1.165) is 27.9 Å². The lowest BCUT2D eigenvalue weighted by Gasteiger charge is -2.08. The first-order chi connectivity index (χ1) is 11.5. The molecule has 24 heavy (non-hydrogen) atoms. The highest BCUT2D eigenvalue weighted by Crippen LogP contribution is 2.36. The molecule has 0 radical (unpaired) electrons. The molecule has 3 rings (SSSR count). The van der Waals surface area contributed by atoms with Crippen molar-refractivity contribution < 1.29 is 14.7 Å².